The Hall–Kier alpha value is -1.08. The van der Waals surface area contributed by atoms with Gasteiger partial charge in [0.1, 0.15) is 5.82 Å². The molecule has 1 aliphatic carbocycles. The molecular formula is C11H9BrF2N2OS. The van der Waals surface area contributed by atoms with Crippen molar-refractivity contribution < 1.29 is 13.6 Å². The highest BCUT2D eigenvalue weighted by Crippen LogP contribution is 2.47. The Labute approximate surface area is 116 Å². The molecule has 1 aromatic carbocycles. The minimum Gasteiger partial charge on any atom is -0.392 e. The van der Waals surface area contributed by atoms with Gasteiger partial charge in [-0.15, -0.1) is 0 Å². The minimum absolute atomic E-state index is 0.0960. The van der Waals surface area contributed by atoms with Gasteiger partial charge in [-0.2, -0.15) is 0 Å². The Bertz CT molecular complexity index is 523. The molecule has 0 aliphatic heterocycles. The second kappa shape index (κ2) is 4.55. The van der Waals surface area contributed by atoms with Gasteiger partial charge in [-0.25, -0.2) is 8.78 Å². The van der Waals surface area contributed by atoms with Crippen molar-refractivity contribution in [1.82, 2.24) is 0 Å². The Morgan fingerprint density at radius 1 is 1.44 bits per heavy atom. The van der Waals surface area contributed by atoms with Crippen LogP contribution in [0.5, 0.6) is 0 Å². The van der Waals surface area contributed by atoms with Crippen molar-refractivity contribution in [3.8, 4) is 0 Å². The number of benzene rings is 1. The zero-order chi connectivity index (χ0) is 13.5. The number of hydrogen-bond acceptors (Lipinski definition) is 2. The highest BCUT2D eigenvalue weighted by molar-refractivity contribution is 9.10. The molecular weight excluding hydrogens is 326 g/mol. The molecule has 0 atom stereocenters. The Morgan fingerprint density at radius 3 is 2.50 bits per heavy atom. The average Bonchev–Trinajstić information content (AvgIpc) is 3.03. The minimum atomic E-state index is -0.879. The second-order valence-corrected chi connectivity index (χ2v) is 5.44. The lowest BCUT2D eigenvalue weighted by molar-refractivity contribution is -0.118. The zero-order valence-corrected chi connectivity index (χ0v) is 11.5. The summed E-state index contributed by atoms with van der Waals surface area (Å²) >= 11 is 7.82. The number of carbonyl (C=O) groups is 1. The molecule has 0 saturated heterocycles. The lowest BCUT2D eigenvalue weighted by atomic mass is 10.1. The van der Waals surface area contributed by atoms with Crippen LogP contribution in [-0.2, 0) is 4.79 Å². The van der Waals surface area contributed by atoms with E-state index in [0.717, 1.165) is 6.07 Å². The fourth-order valence-corrected chi connectivity index (χ4v) is 2.41. The molecule has 3 nitrogen and oxygen atoms in total. The van der Waals surface area contributed by atoms with Gasteiger partial charge in [0, 0.05) is 10.5 Å². The van der Waals surface area contributed by atoms with E-state index < -0.39 is 23.0 Å². The highest BCUT2D eigenvalue weighted by Gasteiger charge is 2.53. The summed E-state index contributed by atoms with van der Waals surface area (Å²) in [6.45, 7) is 0. The number of rotatable bonds is 3. The molecule has 0 bridgehead atoms. The first-order valence-corrected chi connectivity index (χ1v) is 6.33. The Kier molecular flexibility index (Phi) is 3.37. The molecule has 1 aromatic rings. The molecule has 0 aromatic heterocycles. The fourth-order valence-electron chi connectivity index (χ4n) is 1.61. The third-order valence-corrected chi connectivity index (χ3v) is 3.92. The Balaban J connectivity index is 2.26. The zero-order valence-electron chi connectivity index (χ0n) is 9.10. The molecule has 0 unspecified atom stereocenters. The van der Waals surface area contributed by atoms with Crippen LogP contribution in [0.3, 0.4) is 0 Å². The van der Waals surface area contributed by atoms with Crippen molar-refractivity contribution in [2.75, 3.05) is 5.32 Å². The van der Waals surface area contributed by atoms with E-state index in [4.69, 9.17) is 18.0 Å². The van der Waals surface area contributed by atoms with Crippen molar-refractivity contribution >= 4 is 44.7 Å². The summed E-state index contributed by atoms with van der Waals surface area (Å²) in [5, 5.41) is 2.39. The lowest BCUT2D eigenvalue weighted by Crippen LogP contribution is -2.35. The van der Waals surface area contributed by atoms with Crippen molar-refractivity contribution in [2.24, 2.45) is 11.1 Å². The van der Waals surface area contributed by atoms with Crippen molar-refractivity contribution in [3.63, 3.8) is 0 Å². The molecule has 1 saturated carbocycles. The van der Waals surface area contributed by atoms with Crippen LogP contribution in [0.4, 0.5) is 14.5 Å². The number of hydrogen-bond donors (Lipinski definition) is 2. The topological polar surface area (TPSA) is 55.1 Å². The lowest BCUT2D eigenvalue weighted by Gasteiger charge is -2.15. The molecule has 96 valence electrons. The van der Waals surface area contributed by atoms with Crippen molar-refractivity contribution in [3.05, 3.63) is 28.2 Å². The summed E-state index contributed by atoms with van der Waals surface area (Å²) in [5.74, 6) is -2.04. The van der Waals surface area contributed by atoms with Crippen LogP contribution in [0.15, 0.2) is 16.6 Å². The SMILES string of the molecule is NC(=S)C1(C(=O)Nc2c(F)cc(F)cc2Br)CC1. The van der Waals surface area contributed by atoms with Gasteiger partial charge < -0.3 is 11.1 Å². The van der Waals surface area contributed by atoms with Gasteiger partial charge in [-0.1, -0.05) is 12.2 Å². The molecule has 0 heterocycles. The van der Waals surface area contributed by atoms with E-state index in [2.05, 4.69) is 21.2 Å². The Morgan fingerprint density at radius 2 is 2.06 bits per heavy atom. The van der Waals surface area contributed by atoms with Gasteiger partial charge in [-0.3, -0.25) is 4.79 Å². The summed E-state index contributed by atoms with van der Waals surface area (Å²) in [5.41, 5.74) is 4.51. The van der Waals surface area contributed by atoms with Gasteiger partial charge >= 0.3 is 0 Å². The standard InChI is InChI=1S/C11H9BrF2N2OS/c12-6-3-5(13)4-7(14)8(6)16-10(17)11(1-2-11)9(15)18/h3-4H,1-2H2,(H2,15,18)(H,16,17). The fraction of sp³-hybridized carbons (Fsp3) is 0.273. The molecule has 1 fully saturated rings. The largest absolute Gasteiger partial charge is 0.392 e. The molecule has 7 heteroatoms. The van der Waals surface area contributed by atoms with Gasteiger partial charge in [0.2, 0.25) is 5.91 Å². The van der Waals surface area contributed by atoms with Gasteiger partial charge in [0.15, 0.2) is 5.82 Å². The van der Waals surface area contributed by atoms with Crippen LogP contribution >= 0.6 is 28.1 Å². The van der Waals surface area contributed by atoms with E-state index in [1.165, 1.54) is 0 Å². The van der Waals surface area contributed by atoms with Gasteiger partial charge in [-0.05, 0) is 34.8 Å². The normalized spacial score (nSPS) is 16.2. The number of carbonyl (C=O) groups excluding carboxylic acids is 1. The maximum Gasteiger partial charge on any atom is 0.237 e. The van der Waals surface area contributed by atoms with E-state index in [9.17, 15) is 13.6 Å². The maximum absolute atomic E-state index is 13.5. The number of halogens is 3. The summed E-state index contributed by atoms with van der Waals surface area (Å²) in [7, 11) is 0. The molecule has 1 aliphatic rings. The smallest absolute Gasteiger partial charge is 0.237 e. The molecule has 0 spiro atoms. The van der Waals surface area contributed by atoms with Crippen LogP contribution in [0.2, 0.25) is 0 Å². The van der Waals surface area contributed by atoms with E-state index >= 15 is 0 Å². The van der Waals surface area contributed by atoms with E-state index in [0.29, 0.717) is 18.9 Å². The molecule has 3 N–H and O–H groups in total. The molecule has 0 radical (unpaired) electrons. The summed E-state index contributed by atoms with van der Waals surface area (Å²) < 4.78 is 26.6. The number of anilines is 1. The monoisotopic (exact) mass is 334 g/mol. The quantitative estimate of drug-likeness (QED) is 0.835. The first kappa shape index (κ1) is 13.4. The summed E-state index contributed by atoms with van der Waals surface area (Å²) in [6, 6.07) is 1.76. The molecule has 18 heavy (non-hydrogen) atoms. The van der Waals surface area contributed by atoms with Crippen LogP contribution in [0.1, 0.15) is 12.8 Å². The molecule has 2 rings (SSSR count). The summed E-state index contributed by atoms with van der Waals surface area (Å²) in [4.78, 5) is 12.1. The van der Waals surface area contributed by atoms with Crippen molar-refractivity contribution in [2.45, 2.75) is 12.8 Å². The maximum atomic E-state index is 13.5. The van der Waals surface area contributed by atoms with E-state index in [1.54, 1.807) is 0 Å². The first-order valence-electron chi connectivity index (χ1n) is 5.13. The number of nitrogens with one attached hydrogen (secondary N) is 1. The first-order chi connectivity index (χ1) is 8.36. The van der Waals surface area contributed by atoms with Crippen LogP contribution in [-0.4, -0.2) is 10.9 Å². The van der Waals surface area contributed by atoms with Gasteiger partial charge in [0.05, 0.1) is 16.1 Å². The van der Waals surface area contributed by atoms with E-state index in [-0.39, 0.29) is 15.1 Å². The van der Waals surface area contributed by atoms with E-state index in [1.807, 2.05) is 0 Å². The third kappa shape index (κ3) is 2.24. The van der Waals surface area contributed by atoms with Crippen LogP contribution in [0, 0.1) is 17.0 Å². The average molecular weight is 335 g/mol. The van der Waals surface area contributed by atoms with Crippen LogP contribution in [0.25, 0.3) is 0 Å². The highest BCUT2D eigenvalue weighted by atomic mass is 79.9. The second-order valence-electron chi connectivity index (χ2n) is 4.14. The van der Waals surface area contributed by atoms with Crippen LogP contribution < -0.4 is 11.1 Å². The number of thiocarbonyl (C=S) groups is 1. The third-order valence-electron chi connectivity index (χ3n) is 2.90. The number of amides is 1. The van der Waals surface area contributed by atoms with Gasteiger partial charge in [0.25, 0.3) is 0 Å². The predicted octanol–water partition coefficient (Wildman–Crippen LogP) is 2.73. The summed E-state index contributed by atoms with van der Waals surface area (Å²) in [6.07, 6.45) is 1.10. The molecule has 1 amide bonds. The van der Waals surface area contributed by atoms with Crippen molar-refractivity contribution in [1.29, 1.82) is 0 Å². The number of nitrogens with two attached hydrogens (primary N) is 1. The predicted molar refractivity (Wildman–Crippen MR) is 71.1 cm³/mol.